The lowest BCUT2D eigenvalue weighted by molar-refractivity contribution is -0.117. The van der Waals surface area contributed by atoms with E-state index >= 15 is 0 Å². The Hall–Kier alpha value is -2.63. The van der Waals surface area contributed by atoms with Gasteiger partial charge in [-0.2, -0.15) is 0 Å². The number of amides is 2. The molecule has 0 saturated heterocycles. The van der Waals surface area contributed by atoms with Gasteiger partial charge in [0.2, 0.25) is 5.91 Å². The van der Waals surface area contributed by atoms with E-state index in [1.807, 2.05) is 12.1 Å². The Kier molecular flexibility index (Phi) is 2.78. The Morgan fingerprint density at radius 2 is 2.25 bits per heavy atom. The van der Waals surface area contributed by atoms with Gasteiger partial charge in [-0.1, -0.05) is 5.16 Å². The number of hydrogen-bond acceptors (Lipinski definition) is 4. The van der Waals surface area contributed by atoms with Crippen molar-refractivity contribution in [3.05, 3.63) is 41.3 Å². The van der Waals surface area contributed by atoms with E-state index in [2.05, 4.69) is 10.5 Å². The predicted octanol–water partition coefficient (Wildman–Crippen LogP) is 1.75. The minimum atomic E-state index is -0.277. The Balaban J connectivity index is 1.83. The van der Waals surface area contributed by atoms with Crippen LogP contribution in [0.5, 0.6) is 0 Å². The molecule has 2 heterocycles. The molecule has 1 aliphatic heterocycles. The zero-order valence-electron chi connectivity index (χ0n) is 11.1. The lowest BCUT2D eigenvalue weighted by atomic mass is 10.1. The van der Waals surface area contributed by atoms with Crippen LogP contribution in [-0.4, -0.2) is 24.0 Å². The molecule has 2 amide bonds. The summed E-state index contributed by atoms with van der Waals surface area (Å²) in [5.74, 6) is 0.248. The zero-order valence-corrected chi connectivity index (χ0v) is 11.1. The molecule has 0 fully saturated rings. The third-order valence-electron chi connectivity index (χ3n) is 3.41. The van der Waals surface area contributed by atoms with Crippen LogP contribution in [0.25, 0.3) is 0 Å². The topological polar surface area (TPSA) is 75.4 Å². The third-order valence-corrected chi connectivity index (χ3v) is 3.41. The van der Waals surface area contributed by atoms with E-state index in [1.165, 1.54) is 6.20 Å². The van der Waals surface area contributed by atoms with Gasteiger partial charge in [0.1, 0.15) is 11.3 Å². The van der Waals surface area contributed by atoms with Gasteiger partial charge < -0.3 is 14.7 Å². The van der Waals surface area contributed by atoms with Crippen molar-refractivity contribution in [1.29, 1.82) is 0 Å². The number of nitrogens with one attached hydrogen (secondary N) is 1. The van der Waals surface area contributed by atoms with Crippen molar-refractivity contribution in [3.8, 4) is 0 Å². The molecule has 0 spiro atoms. The minimum Gasteiger partial charge on any atom is -0.361 e. The van der Waals surface area contributed by atoms with Crippen LogP contribution in [-0.2, 0) is 11.2 Å². The summed E-state index contributed by atoms with van der Waals surface area (Å²) in [6, 6.07) is 5.42. The van der Waals surface area contributed by atoms with Gasteiger partial charge in [-0.3, -0.25) is 9.59 Å². The summed E-state index contributed by atoms with van der Waals surface area (Å²) < 4.78 is 4.86. The number of likely N-dealkylation sites (N-methyl/N-ethyl adjacent to an activating group) is 1. The molecule has 6 heteroatoms. The summed E-state index contributed by atoms with van der Waals surface area (Å²) in [5.41, 5.74) is 2.85. The largest absolute Gasteiger partial charge is 0.361 e. The molecule has 1 aromatic carbocycles. The highest BCUT2D eigenvalue weighted by atomic mass is 16.5. The second-order valence-corrected chi connectivity index (χ2v) is 4.72. The number of aryl methyl sites for hydroxylation is 1. The number of hydrogen-bond donors (Lipinski definition) is 1. The summed E-state index contributed by atoms with van der Waals surface area (Å²) in [6.07, 6.45) is 1.75. The average Bonchev–Trinajstić information content (AvgIpc) is 2.95. The van der Waals surface area contributed by atoms with Crippen LogP contribution >= 0.6 is 0 Å². The molecule has 102 valence electrons. The molecular weight excluding hydrogens is 258 g/mol. The molecule has 6 nitrogen and oxygen atoms in total. The second-order valence-electron chi connectivity index (χ2n) is 4.72. The maximum absolute atomic E-state index is 12.0. The summed E-state index contributed by atoms with van der Waals surface area (Å²) in [6.45, 7) is 1.68. The highest BCUT2D eigenvalue weighted by Crippen LogP contribution is 2.30. The molecule has 0 bridgehead atoms. The summed E-state index contributed by atoms with van der Waals surface area (Å²) in [7, 11) is 1.74. The molecule has 0 aliphatic carbocycles. The van der Waals surface area contributed by atoms with Crippen molar-refractivity contribution in [3.63, 3.8) is 0 Å². The van der Waals surface area contributed by atoms with Crippen molar-refractivity contribution < 1.29 is 14.1 Å². The van der Waals surface area contributed by atoms with Crippen LogP contribution < -0.4 is 10.2 Å². The molecule has 2 aromatic rings. The van der Waals surface area contributed by atoms with Gasteiger partial charge in [0, 0.05) is 18.4 Å². The SMILES string of the molecule is Cc1oncc1C(=O)Nc1ccc2c(c1)CC(=O)N2C. The van der Waals surface area contributed by atoms with E-state index in [0.717, 1.165) is 11.3 Å². The third kappa shape index (κ3) is 1.95. The van der Waals surface area contributed by atoms with Gasteiger partial charge >= 0.3 is 0 Å². The van der Waals surface area contributed by atoms with Crippen LogP contribution in [0.4, 0.5) is 11.4 Å². The van der Waals surface area contributed by atoms with Crippen molar-refractivity contribution in [1.82, 2.24) is 5.16 Å². The molecule has 1 aliphatic rings. The van der Waals surface area contributed by atoms with Crippen molar-refractivity contribution in [2.24, 2.45) is 0 Å². The minimum absolute atomic E-state index is 0.0540. The summed E-state index contributed by atoms with van der Waals surface area (Å²) >= 11 is 0. The fourth-order valence-corrected chi connectivity index (χ4v) is 2.26. The van der Waals surface area contributed by atoms with Crippen LogP contribution in [0.15, 0.2) is 28.9 Å². The Morgan fingerprint density at radius 1 is 1.45 bits per heavy atom. The summed E-state index contributed by atoms with van der Waals surface area (Å²) in [5, 5.41) is 6.35. The Bertz CT molecular complexity index is 705. The lowest BCUT2D eigenvalue weighted by Crippen LogP contribution is -2.20. The molecule has 0 radical (unpaired) electrons. The van der Waals surface area contributed by atoms with E-state index in [4.69, 9.17) is 4.52 Å². The molecule has 20 heavy (non-hydrogen) atoms. The van der Waals surface area contributed by atoms with Crippen molar-refractivity contribution >= 4 is 23.2 Å². The van der Waals surface area contributed by atoms with E-state index in [9.17, 15) is 9.59 Å². The molecular formula is C14H13N3O3. The first-order valence-electron chi connectivity index (χ1n) is 6.18. The van der Waals surface area contributed by atoms with Gasteiger partial charge in [0.15, 0.2) is 0 Å². The lowest BCUT2D eigenvalue weighted by Gasteiger charge is -2.11. The molecule has 0 unspecified atom stereocenters. The summed E-state index contributed by atoms with van der Waals surface area (Å²) in [4.78, 5) is 25.3. The number of carbonyl (C=O) groups is 2. The highest BCUT2D eigenvalue weighted by Gasteiger charge is 2.24. The second kappa shape index (κ2) is 4.48. The highest BCUT2D eigenvalue weighted by molar-refractivity contribution is 6.06. The number of anilines is 2. The van der Waals surface area contributed by atoms with Gasteiger partial charge in [-0.05, 0) is 30.7 Å². The van der Waals surface area contributed by atoms with Crippen molar-refractivity contribution in [2.45, 2.75) is 13.3 Å². The number of carbonyl (C=O) groups excluding carboxylic acids is 2. The van der Waals surface area contributed by atoms with Gasteiger partial charge in [-0.15, -0.1) is 0 Å². The molecule has 1 N–H and O–H groups in total. The first-order chi connectivity index (χ1) is 9.56. The van der Waals surface area contributed by atoms with E-state index < -0.39 is 0 Å². The first kappa shape index (κ1) is 12.4. The standard InChI is InChI=1S/C14H13N3O3/c1-8-11(7-15-20-8)14(19)16-10-3-4-12-9(5-10)6-13(18)17(12)2/h3-5,7H,6H2,1-2H3,(H,16,19). The normalized spacial score (nSPS) is 13.5. The predicted molar refractivity (Wildman–Crippen MR) is 72.7 cm³/mol. The first-order valence-corrected chi connectivity index (χ1v) is 6.18. The zero-order chi connectivity index (χ0) is 14.3. The smallest absolute Gasteiger partial charge is 0.260 e. The molecule has 1 aromatic heterocycles. The van der Waals surface area contributed by atoms with Gasteiger partial charge in [0.25, 0.3) is 5.91 Å². The molecule has 0 atom stereocenters. The quantitative estimate of drug-likeness (QED) is 0.903. The number of nitrogens with zero attached hydrogens (tertiary/aromatic N) is 2. The Morgan fingerprint density at radius 3 is 2.95 bits per heavy atom. The maximum atomic E-state index is 12.0. The van der Waals surface area contributed by atoms with Crippen LogP contribution in [0.3, 0.4) is 0 Å². The molecule has 0 saturated carbocycles. The van der Waals surface area contributed by atoms with Crippen LogP contribution in [0.1, 0.15) is 21.7 Å². The van der Waals surface area contributed by atoms with E-state index in [1.54, 1.807) is 24.9 Å². The fourth-order valence-electron chi connectivity index (χ4n) is 2.26. The number of rotatable bonds is 2. The van der Waals surface area contributed by atoms with E-state index in [-0.39, 0.29) is 11.8 Å². The van der Waals surface area contributed by atoms with E-state index in [0.29, 0.717) is 23.4 Å². The van der Waals surface area contributed by atoms with Gasteiger partial charge in [-0.25, -0.2) is 0 Å². The monoisotopic (exact) mass is 271 g/mol. The number of benzene rings is 1. The average molecular weight is 271 g/mol. The van der Waals surface area contributed by atoms with Crippen LogP contribution in [0, 0.1) is 6.92 Å². The molecule has 3 rings (SSSR count). The fraction of sp³-hybridized carbons (Fsp3) is 0.214. The van der Waals surface area contributed by atoms with Gasteiger partial charge in [0.05, 0.1) is 12.6 Å². The number of aromatic nitrogens is 1. The Labute approximate surface area is 115 Å². The number of fused-ring (bicyclic) bond motifs is 1. The van der Waals surface area contributed by atoms with Crippen molar-refractivity contribution in [2.75, 3.05) is 17.3 Å². The maximum Gasteiger partial charge on any atom is 0.260 e. The van der Waals surface area contributed by atoms with Crippen LogP contribution in [0.2, 0.25) is 0 Å².